The summed E-state index contributed by atoms with van der Waals surface area (Å²) in [6.07, 6.45) is 2.42. The third-order valence-corrected chi connectivity index (χ3v) is 3.75. The standard InChI is InChI=1S/C17H22N2O/c1-4-16-13(2)18-19(14(16)3)12-8-11-17(20)15-9-6-5-7-10-15/h5-7,9-10H,4,8,11-12H2,1-3H3. The third kappa shape index (κ3) is 3.16. The van der Waals surface area contributed by atoms with Crippen molar-refractivity contribution in [3.8, 4) is 0 Å². The number of benzene rings is 1. The van der Waals surface area contributed by atoms with Crippen LogP contribution in [0.3, 0.4) is 0 Å². The first-order chi connectivity index (χ1) is 9.63. The SMILES string of the molecule is CCc1c(C)nn(CCCC(=O)c2ccccc2)c1C. The van der Waals surface area contributed by atoms with Crippen molar-refractivity contribution in [1.29, 1.82) is 0 Å². The average molecular weight is 270 g/mol. The lowest BCUT2D eigenvalue weighted by molar-refractivity contribution is 0.0978. The van der Waals surface area contributed by atoms with Gasteiger partial charge in [-0.2, -0.15) is 5.10 Å². The van der Waals surface area contributed by atoms with E-state index in [1.54, 1.807) is 0 Å². The van der Waals surface area contributed by atoms with Crippen LogP contribution in [0.2, 0.25) is 0 Å². The van der Waals surface area contributed by atoms with Gasteiger partial charge in [0.1, 0.15) is 0 Å². The molecule has 0 fully saturated rings. The Morgan fingerprint density at radius 2 is 1.90 bits per heavy atom. The molecular formula is C17H22N2O. The van der Waals surface area contributed by atoms with Gasteiger partial charge in [0.05, 0.1) is 5.69 Å². The number of aromatic nitrogens is 2. The number of hydrogen-bond acceptors (Lipinski definition) is 2. The molecule has 1 heterocycles. The molecule has 3 nitrogen and oxygen atoms in total. The zero-order valence-electron chi connectivity index (χ0n) is 12.5. The van der Waals surface area contributed by atoms with Crippen LogP contribution in [0.5, 0.6) is 0 Å². The first-order valence-electron chi connectivity index (χ1n) is 7.24. The fourth-order valence-electron chi connectivity index (χ4n) is 2.62. The van der Waals surface area contributed by atoms with Gasteiger partial charge in [-0.05, 0) is 32.3 Å². The van der Waals surface area contributed by atoms with E-state index in [0.717, 1.165) is 30.6 Å². The normalized spacial score (nSPS) is 10.8. The zero-order chi connectivity index (χ0) is 14.5. The Kier molecular flexibility index (Phi) is 4.72. The highest BCUT2D eigenvalue weighted by atomic mass is 16.1. The van der Waals surface area contributed by atoms with E-state index < -0.39 is 0 Å². The Morgan fingerprint density at radius 1 is 1.20 bits per heavy atom. The molecule has 2 rings (SSSR count). The Labute approximate surface area is 120 Å². The van der Waals surface area contributed by atoms with Crippen LogP contribution in [0.4, 0.5) is 0 Å². The number of aryl methyl sites for hydroxylation is 2. The van der Waals surface area contributed by atoms with Crippen LogP contribution in [0.1, 0.15) is 47.1 Å². The van der Waals surface area contributed by atoms with Crippen LogP contribution in [-0.2, 0) is 13.0 Å². The van der Waals surface area contributed by atoms with Crippen molar-refractivity contribution in [2.45, 2.75) is 46.6 Å². The molecule has 0 N–H and O–H groups in total. The second-order valence-corrected chi connectivity index (χ2v) is 5.12. The summed E-state index contributed by atoms with van der Waals surface area (Å²) in [7, 11) is 0. The molecule has 0 bridgehead atoms. The van der Waals surface area contributed by atoms with Gasteiger partial charge in [-0.1, -0.05) is 37.3 Å². The fourth-order valence-corrected chi connectivity index (χ4v) is 2.62. The number of rotatable bonds is 6. The molecule has 0 saturated heterocycles. The summed E-state index contributed by atoms with van der Waals surface area (Å²) in [4.78, 5) is 12.0. The third-order valence-electron chi connectivity index (χ3n) is 3.75. The van der Waals surface area contributed by atoms with Crippen molar-refractivity contribution in [1.82, 2.24) is 9.78 Å². The molecule has 20 heavy (non-hydrogen) atoms. The number of carbonyl (C=O) groups is 1. The minimum absolute atomic E-state index is 0.211. The summed E-state index contributed by atoms with van der Waals surface area (Å²) < 4.78 is 2.03. The molecule has 106 valence electrons. The van der Waals surface area contributed by atoms with E-state index in [0.29, 0.717) is 6.42 Å². The summed E-state index contributed by atoms with van der Waals surface area (Å²) in [6.45, 7) is 7.13. The highest BCUT2D eigenvalue weighted by Crippen LogP contribution is 2.14. The summed E-state index contributed by atoms with van der Waals surface area (Å²) in [5.74, 6) is 0.211. The highest BCUT2D eigenvalue weighted by molar-refractivity contribution is 5.95. The number of nitrogens with zero attached hydrogens (tertiary/aromatic N) is 2. The quantitative estimate of drug-likeness (QED) is 0.750. The minimum Gasteiger partial charge on any atom is -0.294 e. The number of carbonyl (C=O) groups excluding carboxylic acids is 1. The van der Waals surface area contributed by atoms with Gasteiger partial charge in [0.25, 0.3) is 0 Å². The van der Waals surface area contributed by atoms with E-state index in [4.69, 9.17) is 0 Å². The second-order valence-electron chi connectivity index (χ2n) is 5.12. The summed E-state index contributed by atoms with van der Waals surface area (Å²) in [5, 5.41) is 4.56. The van der Waals surface area contributed by atoms with Gasteiger partial charge in [0, 0.05) is 24.2 Å². The van der Waals surface area contributed by atoms with Gasteiger partial charge in [-0.25, -0.2) is 0 Å². The lowest BCUT2D eigenvalue weighted by Crippen LogP contribution is -2.06. The molecule has 0 radical (unpaired) electrons. The van der Waals surface area contributed by atoms with Crippen molar-refractivity contribution >= 4 is 5.78 Å². The van der Waals surface area contributed by atoms with Gasteiger partial charge in [0.15, 0.2) is 5.78 Å². The molecule has 0 aliphatic heterocycles. The van der Waals surface area contributed by atoms with Crippen molar-refractivity contribution in [3.63, 3.8) is 0 Å². The zero-order valence-corrected chi connectivity index (χ0v) is 12.5. The largest absolute Gasteiger partial charge is 0.294 e. The predicted molar refractivity (Wildman–Crippen MR) is 81.1 cm³/mol. The van der Waals surface area contributed by atoms with Gasteiger partial charge >= 0.3 is 0 Å². The maximum atomic E-state index is 12.0. The Morgan fingerprint density at radius 3 is 2.50 bits per heavy atom. The van der Waals surface area contributed by atoms with Crippen LogP contribution in [0.25, 0.3) is 0 Å². The molecule has 0 aliphatic rings. The molecule has 0 aliphatic carbocycles. The van der Waals surface area contributed by atoms with Crippen molar-refractivity contribution < 1.29 is 4.79 Å². The molecule has 0 unspecified atom stereocenters. The van der Waals surface area contributed by atoms with Gasteiger partial charge in [-0.15, -0.1) is 0 Å². The van der Waals surface area contributed by atoms with E-state index in [2.05, 4.69) is 25.9 Å². The van der Waals surface area contributed by atoms with Crippen molar-refractivity contribution in [2.75, 3.05) is 0 Å². The topological polar surface area (TPSA) is 34.9 Å². The van der Waals surface area contributed by atoms with Crippen LogP contribution in [0, 0.1) is 13.8 Å². The van der Waals surface area contributed by atoms with E-state index in [9.17, 15) is 4.79 Å². The monoisotopic (exact) mass is 270 g/mol. The van der Waals surface area contributed by atoms with E-state index >= 15 is 0 Å². The van der Waals surface area contributed by atoms with Crippen molar-refractivity contribution in [3.05, 3.63) is 52.8 Å². The van der Waals surface area contributed by atoms with E-state index in [1.165, 1.54) is 11.3 Å². The molecule has 1 aromatic heterocycles. The smallest absolute Gasteiger partial charge is 0.162 e. The first-order valence-corrected chi connectivity index (χ1v) is 7.24. The number of Topliss-reactive ketones (excluding diaryl/α,β-unsaturated/α-hetero) is 1. The highest BCUT2D eigenvalue weighted by Gasteiger charge is 2.10. The molecule has 1 aromatic carbocycles. The lowest BCUT2D eigenvalue weighted by Gasteiger charge is -2.05. The number of hydrogen-bond donors (Lipinski definition) is 0. The summed E-state index contributed by atoms with van der Waals surface area (Å²) in [6, 6.07) is 9.49. The molecule has 0 spiro atoms. The molecule has 0 atom stereocenters. The summed E-state index contributed by atoms with van der Waals surface area (Å²) in [5.41, 5.74) is 4.48. The van der Waals surface area contributed by atoms with Crippen LogP contribution < -0.4 is 0 Å². The maximum absolute atomic E-state index is 12.0. The van der Waals surface area contributed by atoms with E-state index in [1.807, 2.05) is 35.0 Å². The Balaban J connectivity index is 1.92. The molecule has 0 amide bonds. The lowest BCUT2D eigenvalue weighted by atomic mass is 10.1. The second kappa shape index (κ2) is 6.51. The van der Waals surface area contributed by atoms with Gasteiger partial charge in [-0.3, -0.25) is 9.48 Å². The predicted octanol–water partition coefficient (Wildman–Crippen LogP) is 3.73. The molecule has 3 heteroatoms. The Bertz CT molecular complexity index is 585. The average Bonchev–Trinajstić information content (AvgIpc) is 2.74. The van der Waals surface area contributed by atoms with Gasteiger partial charge in [0.2, 0.25) is 0 Å². The van der Waals surface area contributed by atoms with E-state index in [-0.39, 0.29) is 5.78 Å². The van der Waals surface area contributed by atoms with Gasteiger partial charge < -0.3 is 0 Å². The van der Waals surface area contributed by atoms with Crippen LogP contribution in [-0.4, -0.2) is 15.6 Å². The minimum atomic E-state index is 0.211. The fraction of sp³-hybridized carbons (Fsp3) is 0.412. The molecule has 0 saturated carbocycles. The number of ketones is 1. The Hall–Kier alpha value is -1.90. The van der Waals surface area contributed by atoms with Crippen molar-refractivity contribution in [2.24, 2.45) is 0 Å². The van der Waals surface area contributed by atoms with Crippen LogP contribution in [0.15, 0.2) is 30.3 Å². The summed E-state index contributed by atoms with van der Waals surface area (Å²) >= 11 is 0. The first kappa shape index (κ1) is 14.5. The van der Waals surface area contributed by atoms with Crippen LogP contribution >= 0.6 is 0 Å². The maximum Gasteiger partial charge on any atom is 0.162 e. The molecule has 2 aromatic rings. The molecular weight excluding hydrogens is 248 g/mol.